The molecule has 3 aromatic rings. The summed E-state index contributed by atoms with van der Waals surface area (Å²) in [5.41, 5.74) is 3.61. The number of aromatic nitrogens is 2. The lowest BCUT2D eigenvalue weighted by molar-refractivity contribution is 0.0946. The Morgan fingerprint density at radius 2 is 2.10 bits per heavy atom. The molecule has 0 spiro atoms. The highest BCUT2D eigenvalue weighted by Gasteiger charge is 2.27. The van der Waals surface area contributed by atoms with Gasteiger partial charge in [-0.05, 0) is 31.2 Å². The maximum absolute atomic E-state index is 12.7. The first-order valence-corrected chi connectivity index (χ1v) is 10.7. The zero-order valence-corrected chi connectivity index (χ0v) is 18.1. The molecule has 3 heterocycles. The summed E-state index contributed by atoms with van der Waals surface area (Å²) in [4.78, 5) is 26.6. The average molecular weight is 420 g/mol. The van der Waals surface area contributed by atoms with E-state index >= 15 is 0 Å². The largest absolute Gasteiger partial charge is 0.395 e. The van der Waals surface area contributed by atoms with Gasteiger partial charge in [0.2, 0.25) is 0 Å². The fraction of sp³-hybridized carbons (Fsp3) is 0.375. The number of hydrogen-bond donors (Lipinski definition) is 2. The Kier molecular flexibility index (Phi) is 6.44. The van der Waals surface area contributed by atoms with E-state index in [0.717, 1.165) is 48.5 Å². The summed E-state index contributed by atoms with van der Waals surface area (Å²) in [5.74, 6) is 1.10. The molecule has 2 aromatic heterocycles. The summed E-state index contributed by atoms with van der Waals surface area (Å²) in [6.07, 6.45) is 2.83. The Balaban J connectivity index is 1.56. The van der Waals surface area contributed by atoms with Crippen LogP contribution in [0, 0.1) is 0 Å². The zero-order chi connectivity index (χ0) is 21.8. The second-order valence-corrected chi connectivity index (χ2v) is 8.19. The minimum absolute atomic E-state index is 0.0809. The van der Waals surface area contributed by atoms with E-state index in [-0.39, 0.29) is 25.0 Å². The molecule has 7 nitrogen and oxygen atoms in total. The topological polar surface area (TPSA) is 81.6 Å². The number of para-hydroxylation sites is 1. The number of amides is 1. The molecule has 1 atom stereocenters. The molecule has 0 saturated carbocycles. The van der Waals surface area contributed by atoms with Crippen LogP contribution in [0.5, 0.6) is 0 Å². The third-order valence-electron chi connectivity index (χ3n) is 5.75. The monoisotopic (exact) mass is 419 g/mol. The third kappa shape index (κ3) is 4.68. The fourth-order valence-electron chi connectivity index (χ4n) is 4.27. The van der Waals surface area contributed by atoms with Gasteiger partial charge in [-0.3, -0.25) is 14.7 Å². The molecule has 162 valence electrons. The van der Waals surface area contributed by atoms with E-state index in [2.05, 4.69) is 21.3 Å². The Bertz CT molecular complexity index is 1070. The Morgan fingerprint density at radius 3 is 2.90 bits per heavy atom. The highest BCUT2D eigenvalue weighted by molar-refractivity contribution is 6.06. The lowest BCUT2D eigenvalue weighted by atomic mass is 9.99. The summed E-state index contributed by atoms with van der Waals surface area (Å²) in [5, 5.41) is 12.7. The number of carbonyl (C=O) groups excluding carboxylic acids is 1. The number of likely N-dealkylation sites (tertiary alicyclic amines) is 1. The van der Waals surface area contributed by atoms with Gasteiger partial charge in [0.1, 0.15) is 5.82 Å². The van der Waals surface area contributed by atoms with Crippen molar-refractivity contribution < 1.29 is 9.90 Å². The Hall–Kier alpha value is -3.03. The van der Waals surface area contributed by atoms with Gasteiger partial charge in [0, 0.05) is 62.5 Å². The van der Waals surface area contributed by atoms with Gasteiger partial charge in [0.15, 0.2) is 0 Å². The number of hydrogen-bond acceptors (Lipinski definition) is 6. The molecule has 1 saturated heterocycles. The fourth-order valence-corrected chi connectivity index (χ4v) is 4.27. The first-order valence-electron chi connectivity index (χ1n) is 10.7. The first kappa shape index (κ1) is 21.2. The van der Waals surface area contributed by atoms with Crippen LogP contribution in [0.2, 0.25) is 0 Å². The van der Waals surface area contributed by atoms with Crippen molar-refractivity contribution in [3.8, 4) is 0 Å². The van der Waals surface area contributed by atoms with E-state index in [1.165, 1.54) is 5.56 Å². The molecule has 0 aliphatic carbocycles. The Labute approximate surface area is 182 Å². The maximum Gasteiger partial charge on any atom is 0.252 e. The lowest BCUT2D eigenvalue weighted by Gasteiger charge is -2.21. The van der Waals surface area contributed by atoms with E-state index in [1.807, 2.05) is 61.6 Å². The number of rotatable bonds is 7. The van der Waals surface area contributed by atoms with Gasteiger partial charge in [-0.2, -0.15) is 0 Å². The van der Waals surface area contributed by atoms with E-state index < -0.39 is 0 Å². The Morgan fingerprint density at radius 1 is 1.26 bits per heavy atom. The van der Waals surface area contributed by atoms with Gasteiger partial charge in [-0.25, -0.2) is 4.98 Å². The standard InChI is InChI=1S/C24H29N5O2/c1-28(2)23-18(6-5-10-25-23)16-29-12-9-17(15-29)22-14-20(24(31)26-11-13-30)19-7-3-4-8-21(19)27-22/h3-8,10,14,17,30H,9,11-13,15-16H2,1-2H3,(H,26,31). The van der Waals surface area contributed by atoms with Gasteiger partial charge in [0.05, 0.1) is 17.7 Å². The lowest BCUT2D eigenvalue weighted by Crippen LogP contribution is -2.27. The maximum atomic E-state index is 12.7. The number of anilines is 1. The third-order valence-corrected chi connectivity index (χ3v) is 5.75. The van der Waals surface area contributed by atoms with E-state index in [0.29, 0.717) is 5.56 Å². The smallest absolute Gasteiger partial charge is 0.252 e. The predicted molar refractivity (Wildman–Crippen MR) is 122 cm³/mol. The highest BCUT2D eigenvalue weighted by atomic mass is 16.3. The van der Waals surface area contributed by atoms with Crippen molar-refractivity contribution in [2.45, 2.75) is 18.9 Å². The van der Waals surface area contributed by atoms with E-state index in [1.54, 1.807) is 0 Å². The van der Waals surface area contributed by atoms with Crippen molar-refractivity contribution in [2.24, 2.45) is 0 Å². The predicted octanol–water partition coefficient (Wildman–Crippen LogP) is 2.41. The number of pyridine rings is 2. The molecule has 1 fully saturated rings. The minimum Gasteiger partial charge on any atom is -0.395 e. The molecule has 1 unspecified atom stereocenters. The molecule has 1 amide bonds. The summed E-state index contributed by atoms with van der Waals surface area (Å²) in [7, 11) is 4.03. The van der Waals surface area contributed by atoms with Gasteiger partial charge in [0.25, 0.3) is 5.91 Å². The number of nitrogens with zero attached hydrogens (tertiary/aromatic N) is 4. The van der Waals surface area contributed by atoms with Gasteiger partial charge in [-0.1, -0.05) is 24.3 Å². The van der Waals surface area contributed by atoms with Gasteiger partial charge >= 0.3 is 0 Å². The molecular weight excluding hydrogens is 390 g/mol. The number of nitrogens with one attached hydrogen (secondary N) is 1. The number of benzene rings is 1. The van der Waals surface area contributed by atoms with Crippen LogP contribution in [-0.4, -0.2) is 66.2 Å². The number of aliphatic hydroxyl groups excluding tert-OH is 1. The second-order valence-electron chi connectivity index (χ2n) is 8.19. The van der Waals surface area contributed by atoms with Crippen molar-refractivity contribution >= 4 is 22.6 Å². The van der Waals surface area contributed by atoms with Crippen LogP contribution >= 0.6 is 0 Å². The van der Waals surface area contributed by atoms with Gasteiger partial charge < -0.3 is 15.3 Å². The van der Waals surface area contributed by atoms with Crippen LogP contribution in [0.15, 0.2) is 48.7 Å². The first-order chi connectivity index (χ1) is 15.1. The zero-order valence-electron chi connectivity index (χ0n) is 18.1. The molecule has 2 N–H and O–H groups in total. The van der Waals surface area contributed by atoms with Crippen LogP contribution in [-0.2, 0) is 6.54 Å². The minimum atomic E-state index is -0.172. The summed E-state index contributed by atoms with van der Waals surface area (Å²) < 4.78 is 0. The van der Waals surface area contributed by atoms with Crippen LogP contribution in [0.25, 0.3) is 10.9 Å². The van der Waals surface area contributed by atoms with Crippen molar-refractivity contribution in [1.82, 2.24) is 20.2 Å². The molecule has 7 heteroatoms. The van der Waals surface area contributed by atoms with Crippen LogP contribution in [0.3, 0.4) is 0 Å². The normalized spacial score (nSPS) is 16.5. The SMILES string of the molecule is CN(C)c1ncccc1CN1CCC(c2cc(C(=O)NCCO)c3ccccc3n2)C1. The van der Waals surface area contributed by atoms with Crippen molar-refractivity contribution in [2.75, 3.05) is 45.2 Å². The van der Waals surface area contributed by atoms with E-state index in [4.69, 9.17) is 10.1 Å². The molecule has 0 radical (unpaired) electrons. The molecule has 1 aliphatic heterocycles. The van der Waals surface area contributed by atoms with Crippen LogP contribution in [0.1, 0.15) is 34.0 Å². The van der Waals surface area contributed by atoms with Crippen molar-refractivity contribution in [3.63, 3.8) is 0 Å². The molecule has 1 aliphatic rings. The number of carbonyl (C=O) groups is 1. The van der Waals surface area contributed by atoms with Gasteiger partial charge in [-0.15, -0.1) is 0 Å². The molecule has 31 heavy (non-hydrogen) atoms. The molecule has 1 aromatic carbocycles. The average Bonchev–Trinajstić information content (AvgIpc) is 3.25. The second kappa shape index (κ2) is 9.41. The van der Waals surface area contributed by atoms with E-state index in [9.17, 15) is 4.79 Å². The van der Waals surface area contributed by atoms with Crippen molar-refractivity contribution in [1.29, 1.82) is 0 Å². The highest BCUT2D eigenvalue weighted by Crippen LogP contribution is 2.31. The molecule has 4 rings (SSSR count). The van der Waals surface area contributed by atoms with Crippen molar-refractivity contribution in [3.05, 3.63) is 65.5 Å². The molecular formula is C24H29N5O2. The summed E-state index contributed by atoms with van der Waals surface area (Å²) in [6, 6.07) is 13.8. The number of aliphatic hydroxyl groups is 1. The van der Waals surface area contributed by atoms with Crippen LogP contribution < -0.4 is 10.2 Å². The van der Waals surface area contributed by atoms with Crippen LogP contribution in [0.4, 0.5) is 5.82 Å². The summed E-state index contributed by atoms with van der Waals surface area (Å²) in [6.45, 7) is 2.87. The number of fused-ring (bicyclic) bond motifs is 1. The molecule has 0 bridgehead atoms. The summed E-state index contributed by atoms with van der Waals surface area (Å²) >= 11 is 0. The quantitative estimate of drug-likeness (QED) is 0.612.